The molecule has 0 aliphatic heterocycles. The van der Waals surface area contributed by atoms with E-state index >= 15 is 0 Å². The van der Waals surface area contributed by atoms with Crippen LogP contribution in [0.1, 0.15) is 23.6 Å². The van der Waals surface area contributed by atoms with Crippen molar-refractivity contribution >= 4 is 35.6 Å². The molecule has 3 nitrogen and oxygen atoms in total. The third-order valence-electron chi connectivity index (χ3n) is 4.47. The zero-order chi connectivity index (χ0) is 20.5. The van der Waals surface area contributed by atoms with Crippen molar-refractivity contribution in [1.82, 2.24) is 5.32 Å². The van der Waals surface area contributed by atoms with Crippen LogP contribution in [0, 0.1) is 0 Å². The Bertz CT molecular complexity index is 920. The van der Waals surface area contributed by atoms with Gasteiger partial charge in [-0.25, -0.2) is 0 Å². The van der Waals surface area contributed by atoms with Crippen LogP contribution in [0.15, 0.2) is 66.7 Å². The first-order valence-electron chi connectivity index (χ1n) is 9.73. The van der Waals surface area contributed by atoms with Gasteiger partial charge in [0.15, 0.2) is 11.5 Å². The second kappa shape index (κ2) is 12.7. The van der Waals surface area contributed by atoms with Crippen LogP contribution in [0.4, 0.5) is 0 Å². The molecular weight excluding hydrogens is 441 g/mol. The van der Waals surface area contributed by atoms with E-state index in [4.69, 9.17) is 32.7 Å². The maximum absolute atomic E-state index is 6.23. The second-order valence-electron chi connectivity index (χ2n) is 6.65. The van der Waals surface area contributed by atoms with Gasteiger partial charge in [-0.05, 0) is 55.3 Å². The summed E-state index contributed by atoms with van der Waals surface area (Å²) in [7, 11) is 0. The van der Waals surface area contributed by atoms with Crippen molar-refractivity contribution in [2.75, 3.05) is 13.2 Å². The Hall–Kier alpha value is -1.91. The molecule has 0 spiro atoms. The molecule has 0 fully saturated rings. The third kappa shape index (κ3) is 7.41. The Kier molecular flexibility index (Phi) is 10.3. The van der Waals surface area contributed by atoms with E-state index in [0.29, 0.717) is 29.0 Å². The van der Waals surface area contributed by atoms with E-state index < -0.39 is 0 Å². The highest BCUT2D eigenvalue weighted by Crippen LogP contribution is 2.30. The van der Waals surface area contributed by atoms with Crippen LogP contribution in [-0.4, -0.2) is 13.2 Å². The zero-order valence-corrected chi connectivity index (χ0v) is 19.2. The highest BCUT2D eigenvalue weighted by Gasteiger charge is 2.09. The van der Waals surface area contributed by atoms with E-state index in [1.807, 2.05) is 31.2 Å². The molecule has 0 aliphatic carbocycles. The smallest absolute Gasteiger partial charge is 0.161 e. The molecule has 3 aromatic rings. The summed E-state index contributed by atoms with van der Waals surface area (Å²) in [5.74, 6) is 1.44. The standard InChI is InChI=1S/C24H25Cl2NO2.ClH/c1-2-28-24-14-19(16-27-13-12-18-6-4-3-5-7-18)8-11-23(24)29-17-20-9-10-21(25)15-22(20)26;/h3-11,14-15,27H,2,12-13,16-17H2,1H3;1H. The zero-order valence-electron chi connectivity index (χ0n) is 16.9. The van der Waals surface area contributed by atoms with Crippen molar-refractivity contribution in [1.29, 1.82) is 0 Å². The fourth-order valence-electron chi connectivity index (χ4n) is 2.95. The number of hydrogen-bond acceptors (Lipinski definition) is 3. The normalized spacial score (nSPS) is 10.4. The predicted octanol–water partition coefficient (Wildman–Crippen LogP) is 6.73. The lowest BCUT2D eigenvalue weighted by Crippen LogP contribution is -2.16. The van der Waals surface area contributed by atoms with Gasteiger partial charge < -0.3 is 14.8 Å². The lowest BCUT2D eigenvalue weighted by atomic mass is 10.1. The van der Waals surface area contributed by atoms with Crippen molar-refractivity contribution in [3.8, 4) is 11.5 Å². The first kappa shape index (κ1) is 24.4. The molecule has 0 radical (unpaired) electrons. The van der Waals surface area contributed by atoms with E-state index in [2.05, 4.69) is 35.6 Å². The molecule has 0 bridgehead atoms. The van der Waals surface area contributed by atoms with Gasteiger partial charge in [0.05, 0.1) is 6.61 Å². The summed E-state index contributed by atoms with van der Waals surface area (Å²) in [6, 6.07) is 21.9. The van der Waals surface area contributed by atoms with Crippen molar-refractivity contribution in [3.63, 3.8) is 0 Å². The number of nitrogens with one attached hydrogen (secondary N) is 1. The first-order valence-corrected chi connectivity index (χ1v) is 10.5. The van der Waals surface area contributed by atoms with Gasteiger partial charge in [0.1, 0.15) is 6.61 Å². The molecule has 1 N–H and O–H groups in total. The molecule has 0 aliphatic rings. The van der Waals surface area contributed by atoms with Crippen LogP contribution in [-0.2, 0) is 19.6 Å². The molecule has 0 unspecified atom stereocenters. The van der Waals surface area contributed by atoms with Crippen LogP contribution in [0.5, 0.6) is 11.5 Å². The minimum atomic E-state index is 0. The molecule has 0 atom stereocenters. The first-order chi connectivity index (χ1) is 14.2. The number of halogens is 3. The summed E-state index contributed by atoms with van der Waals surface area (Å²) in [4.78, 5) is 0. The van der Waals surface area contributed by atoms with E-state index in [-0.39, 0.29) is 12.4 Å². The molecule has 3 aromatic carbocycles. The van der Waals surface area contributed by atoms with Gasteiger partial charge in [-0.1, -0.05) is 65.7 Å². The Labute approximate surface area is 194 Å². The quantitative estimate of drug-likeness (QED) is 0.336. The molecule has 0 aromatic heterocycles. The second-order valence-corrected chi connectivity index (χ2v) is 7.49. The van der Waals surface area contributed by atoms with Gasteiger partial charge in [0.2, 0.25) is 0 Å². The summed E-state index contributed by atoms with van der Waals surface area (Å²) in [6.07, 6.45) is 1.00. The van der Waals surface area contributed by atoms with Crippen LogP contribution in [0.25, 0.3) is 0 Å². The van der Waals surface area contributed by atoms with E-state index in [1.54, 1.807) is 12.1 Å². The fraction of sp³-hybridized carbons (Fsp3) is 0.250. The van der Waals surface area contributed by atoms with Gasteiger partial charge in [0.25, 0.3) is 0 Å². The molecule has 0 saturated carbocycles. The average molecular weight is 467 g/mol. The van der Waals surface area contributed by atoms with Crippen LogP contribution in [0.2, 0.25) is 10.0 Å². The van der Waals surface area contributed by atoms with E-state index in [9.17, 15) is 0 Å². The van der Waals surface area contributed by atoms with E-state index in [0.717, 1.165) is 36.4 Å². The summed E-state index contributed by atoms with van der Waals surface area (Å²) in [5.41, 5.74) is 3.36. The number of rotatable bonds is 10. The minimum absolute atomic E-state index is 0. The Morgan fingerprint density at radius 1 is 0.833 bits per heavy atom. The van der Waals surface area contributed by atoms with Crippen LogP contribution in [0.3, 0.4) is 0 Å². The molecular formula is C24H26Cl3NO2. The Morgan fingerprint density at radius 2 is 1.63 bits per heavy atom. The van der Waals surface area contributed by atoms with E-state index in [1.165, 1.54) is 5.56 Å². The highest BCUT2D eigenvalue weighted by atomic mass is 35.5. The van der Waals surface area contributed by atoms with Crippen LogP contribution >= 0.6 is 35.6 Å². The lowest BCUT2D eigenvalue weighted by molar-refractivity contribution is 0.269. The minimum Gasteiger partial charge on any atom is -0.490 e. The Balaban J connectivity index is 0.00000320. The van der Waals surface area contributed by atoms with Gasteiger partial charge >= 0.3 is 0 Å². The molecule has 0 heterocycles. The molecule has 3 rings (SSSR count). The maximum atomic E-state index is 6.23. The van der Waals surface area contributed by atoms with Crippen molar-refractivity contribution in [3.05, 3.63) is 93.5 Å². The number of ether oxygens (including phenoxy) is 2. The summed E-state index contributed by atoms with van der Waals surface area (Å²) < 4.78 is 11.7. The molecule has 0 amide bonds. The maximum Gasteiger partial charge on any atom is 0.161 e. The third-order valence-corrected chi connectivity index (χ3v) is 5.06. The van der Waals surface area contributed by atoms with Gasteiger partial charge in [-0.3, -0.25) is 0 Å². The van der Waals surface area contributed by atoms with Crippen molar-refractivity contribution in [2.45, 2.75) is 26.5 Å². The summed E-state index contributed by atoms with van der Waals surface area (Å²) >= 11 is 12.2. The SMILES string of the molecule is CCOc1cc(CNCCc2ccccc2)ccc1OCc1ccc(Cl)cc1Cl.Cl. The van der Waals surface area contributed by atoms with Gasteiger partial charge in [-0.2, -0.15) is 0 Å². The fourth-order valence-corrected chi connectivity index (χ4v) is 3.42. The molecule has 0 saturated heterocycles. The molecule has 6 heteroatoms. The topological polar surface area (TPSA) is 30.5 Å². The highest BCUT2D eigenvalue weighted by molar-refractivity contribution is 6.35. The number of hydrogen-bond donors (Lipinski definition) is 1. The van der Waals surface area contributed by atoms with Gasteiger partial charge in [0, 0.05) is 22.2 Å². The summed E-state index contributed by atoms with van der Waals surface area (Å²) in [5, 5.41) is 4.68. The van der Waals surface area contributed by atoms with Crippen LogP contribution < -0.4 is 14.8 Å². The molecule has 30 heavy (non-hydrogen) atoms. The Morgan fingerprint density at radius 3 is 2.37 bits per heavy atom. The van der Waals surface area contributed by atoms with Crippen molar-refractivity contribution in [2.24, 2.45) is 0 Å². The molecule has 160 valence electrons. The summed E-state index contributed by atoms with van der Waals surface area (Å²) in [6.45, 7) is 4.58. The monoisotopic (exact) mass is 465 g/mol. The lowest BCUT2D eigenvalue weighted by Gasteiger charge is -2.14. The largest absolute Gasteiger partial charge is 0.490 e. The average Bonchev–Trinajstić information content (AvgIpc) is 2.73. The number of benzene rings is 3. The van der Waals surface area contributed by atoms with Gasteiger partial charge in [-0.15, -0.1) is 12.4 Å². The predicted molar refractivity (Wildman–Crippen MR) is 128 cm³/mol. The van der Waals surface area contributed by atoms with Crippen molar-refractivity contribution < 1.29 is 9.47 Å².